The Morgan fingerprint density at radius 2 is 2.07 bits per heavy atom. The standard InChI is InChI=1S/C22H20N6O2/c1-14-13-27-20(22(30)28(14)18-7-5-15(10-23)6-8-18)19(12-25-27)21(29)26-17-4-2-3-16(9-17)11-24/h2-9,12,14H,10,13,23H2,1H3,(H,26,29)/t14-/m0/s1. The lowest BCUT2D eigenvalue weighted by atomic mass is 10.1. The molecule has 3 N–H and O–H groups in total. The number of nitriles is 1. The fraction of sp³-hybridized carbons (Fsp3) is 0.182. The number of carbonyl (C=O) groups excluding carboxylic acids is 2. The van der Waals surface area contributed by atoms with Crippen molar-refractivity contribution in [2.45, 2.75) is 26.1 Å². The Kier molecular flexibility index (Phi) is 5.04. The van der Waals surface area contributed by atoms with E-state index in [2.05, 4.69) is 10.4 Å². The van der Waals surface area contributed by atoms with Crippen LogP contribution in [0.25, 0.3) is 0 Å². The number of carbonyl (C=O) groups is 2. The number of amides is 2. The highest BCUT2D eigenvalue weighted by Crippen LogP contribution is 2.27. The summed E-state index contributed by atoms with van der Waals surface area (Å²) in [5.41, 5.74) is 8.72. The number of hydrogen-bond donors (Lipinski definition) is 2. The highest BCUT2D eigenvalue weighted by molar-refractivity contribution is 6.15. The van der Waals surface area contributed by atoms with Gasteiger partial charge in [0, 0.05) is 17.9 Å². The number of aromatic nitrogens is 2. The van der Waals surface area contributed by atoms with Crippen molar-refractivity contribution < 1.29 is 9.59 Å². The van der Waals surface area contributed by atoms with E-state index in [0.29, 0.717) is 24.3 Å². The van der Waals surface area contributed by atoms with E-state index in [4.69, 9.17) is 11.0 Å². The largest absolute Gasteiger partial charge is 0.326 e. The second-order valence-electron chi connectivity index (χ2n) is 7.13. The third-order valence-corrected chi connectivity index (χ3v) is 5.08. The van der Waals surface area contributed by atoms with Crippen molar-refractivity contribution in [3.8, 4) is 6.07 Å². The molecule has 4 rings (SSSR count). The fourth-order valence-corrected chi connectivity index (χ4v) is 3.59. The number of rotatable bonds is 4. The van der Waals surface area contributed by atoms with Crippen molar-refractivity contribution >= 4 is 23.2 Å². The molecule has 0 saturated heterocycles. The van der Waals surface area contributed by atoms with E-state index < -0.39 is 5.91 Å². The van der Waals surface area contributed by atoms with Crippen LogP contribution in [0.4, 0.5) is 11.4 Å². The van der Waals surface area contributed by atoms with Crippen molar-refractivity contribution in [2.24, 2.45) is 5.73 Å². The number of hydrogen-bond acceptors (Lipinski definition) is 5. The molecule has 1 aromatic heterocycles. The zero-order chi connectivity index (χ0) is 21.3. The number of nitrogens with two attached hydrogens (primary N) is 1. The van der Waals surface area contributed by atoms with E-state index in [1.54, 1.807) is 33.8 Å². The molecule has 1 aliphatic heterocycles. The van der Waals surface area contributed by atoms with Gasteiger partial charge in [0.25, 0.3) is 11.8 Å². The van der Waals surface area contributed by atoms with Crippen LogP contribution in [0.15, 0.2) is 54.7 Å². The maximum atomic E-state index is 13.3. The SMILES string of the molecule is C[C@H]1Cn2ncc(C(=O)Nc3cccc(C#N)c3)c2C(=O)N1c1ccc(CN)cc1. The van der Waals surface area contributed by atoms with Gasteiger partial charge in [-0.2, -0.15) is 10.4 Å². The lowest BCUT2D eigenvalue weighted by Crippen LogP contribution is -2.47. The minimum Gasteiger partial charge on any atom is -0.326 e. The van der Waals surface area contributed by atoms with Crippen LogP contribution >= 0.6 is 0 Å². The van der Waals surface area contributed by atoms with Crippen LogP contribution in [0.5, 0.6) is 0 Å². The first-order chi connectivity index (χ1) is 14.5. The molecule has 8 heteroatoms. The molecule has 2 heterocycles. The molecule has 1 atom stereocenters. The van der Waals surface area contributed by atoms with Crippen LogP contribution in [-0.4, -0.2) is 27.6 Å². The smallest absolute Gasteiger partial charge is 0.277 e. The molecule has 2 aromatic carbocycles. The van der Waals surface area contributed by atoms with Crippen LogP contribution in [0.2, 0.25) is 0 Å². The van der Waals surface area contributed by atoms with Crippen LogP contribution in [0.1, 0.15) is 38.9 Å². The Morgan fingerprint density at radius 1 is 1.30 bits per heavy atom. The second kappa shape index (κ2) is 7.81. The van der Waals surface area contributed by atoms with Gasteiger partial charge in [-0.25, -0.2) is 0 Å². The molecule has 0 radical (unpaired) electrons. The molecule has 0 spiro atoms. The summed E-state index contributed by atoms with van der Waals surface area (Å²) in [6.45, 7) is 2.83. The Morgan fingerprint density at radius 3 is 2.77 bits per heavy atom. The van der Waals surface area contributed by atoms with Crippen molar-refractivity contribution in [2.75, 3.05) is 10.2 Å². The van der Waals surface area contributed by atoms with E-state index in [1.807, 2.05) is 37.3 Å². The zero-order valence-corrected chi connectivity index (χ0v) is 16.4. The van der Waals surface area contributed by atoms with Gasteiger partial charge in [-0.3, -0.25) is 14.3 Å². The van der Waals surface area contributed by atoms with Gasteiger partial charge in [0.15, 0.2) is 0 Å². The number of nitrogens with zero attached hydrogens (tertiary/aromatic N) is 4. The minimum atomic E-state index is -0.451. The quantitative estimate of drug-likeness (QED) is 0.698. The van der Waals surface area contributed by atoms with E-state index >= 15 is 0 Å². The topological polar surface area (TPSA) is 117 Å². The van der Waals surface area contributed by atoms with Crippen molar-refractivity contribution in [3.05, 3.63) is 77.1 Å². The molecule has 0 saturated carbocycles. The van der Waals surface area contributed by atoms with E-state index in [0.717, 1.165) is 11.3 Å². The number of anilines is 2. The van der Waals surface area contributed by atoms with Crippen molar-refractivity contribution in [3.63, 3.8) is 0 Å². The highest BCUT2D eigenvalue weighted by Gasteiger charge is 2.35. The molecule has 150 valence electrons. The molecular formula is C22H20N6O2. The molecule has 0 bridgehead atoms. The third-order valence-electron chi connectivity index (χ3n) is 5.08. The lowest BCUT2D eigenvalue weighted by Gasteiger charge is -2.34. The third kappa shape index (κ3) is 3.43. The Labute approximate surface area is 173 Å². The van der Waals surface area contributed by atoms with E-state index in [1.165, 1.54) is 6.20 Å². The average molecular weight is 400 g/mol. The Bertz CT molecular complexity index is 1160. The highest BCUT2D eigenvalue weighted by atomic mass is 16.2. The van der Waals surface area contributed by atoms with Crippen LogP contribution in [-0.2, 0) is 13.1 Å². The predicted molar refractivity (Wildman–Crippen MR) is 112 cm³/mol. The number of benzene rings is 2. The molecule has 1 aliphatic rings. The average Bonchev–Trinajstić information content (AvgIpc) is 3.18. The first kappa shape index (κ1) is 19.4. The molecule has 30 heavy (non-hydrogen) atoms. The summed E-state index contributed by atoms with van der Waals surface area (Å²) in [6, 6.07) is 16.0. The van der Waals surface area contributed by atoms with Gasteiger partial charge in [0.2, 0.25) is 0 Å². The first-order valence-electron chi connectivity index (χ1n) is 9.51. The summed E-state index contributed by atoms with van der Waals surface area (Å²) >= 11 is 0. The Balaban J connectivity index is 1.65. The molecule has 0 fully saturated rings. The lowest BCUT2D eigenvalue weighted by molar-refractivity contribution is 0.0933. The van der Waals surface area contributed by atoms with Crippen molar-refractivity contribution in [1.82, 2.24) is 9.78 Å². The zero-order valence-electron chi connectivity index (χ0n) is 16.4. The van der Waals surface area contributed by atoms with Gasteiger partial charge < -0.3 is 16.0 Å². The summed E-state index contributed by atoms with van der Waals surface area (Å²) in [7, 11) is 0. The summed E-state index contributed by atoms with van der Waals surface area (Å²) in [6.07, 6.45) is 1.41. The molecule has 2 amide bonds. The maximum Gasteiger partial charge on any atom is 0.277 e. The summed E-state index contributed by atoms with van der Waals surface area (Å²) in [5, 5.41) is 16.0. The first-order valence-corrected chi connectivity index (χ1v) is 9.51. The molecule has 0 aliphatic carbocycles. The Hall–Kier alpha value is -3.96. The minimum absolute atomic E-state index is 0.128. The van der Waals surface area contributed by atoms with Gasteiger partial charge in [-0.05, 0) is 42.8 Å². The number of fused-ring (bicyclic) bond motifs is 1. The van der Waals surface area contributed by atoms with E-state index in [9.17, 15) is 9.59 Å². The molecule has 0 unspecified atom stereocenters. The van der Waals surface area contributed by atoms with E-state index in [-0.39, 0.29) is 23.2 Å². The van der Waals surface area contributed by atoms with Gasteiger partial charge in [-0.15, -0.1) is 0 Å². The van der Waals surface area contributed by atoms with Crippen LogP contribution in [0, 0.1) is 11.3 Å². The molecule has 8 nitrogen and oxygen atoms in total. The molecular weight excluding hydrogens is 380 g/mol. The number of nitrogens with one attached hydrogen (secondary N) is 1. The summed E-state index contributed by atoms with van der Waals surface area (Å²) in [4.78, 5) is 27.9. The normalized spacial score (nSPS) is 15.4. The summed E-state index contributed by atoms with van der Waals surface area (Å²) < 4.78 is 1.57. The molecule has 3 aromatic rings. The van der Waals surface area contributed by atoms with Crippen LogP contribution in [0.3, 0.4) is 0 Å². The van der Waals surface area contributed by atoms with Crippen LogP contribution < -0.4 is 16.0 Å². The second-order valence-corrected chi connectivity index (χ2v) is 7.13. The van der Waals surface area contributed by atoms with Gasteiger partial charge in [0.1, 0.15) is 5.69 Å². The fourth-order valence-electron chi connectivity index (χ4n) is 3.59. The van der Waals surface area contributed by atoms with Gasteiger partial charge in [0.05, 0.1) is 36.0 Å². The van der Waals surface area contributed by atoms with Gasteiger partial charge in [-0.1, -0.05) is 18.2 Å². The maximum absolute atomic E-state index is 13.3. The monoisotopic (exact) mass is 400 g/mol. The summed E-state index contributed by atoms with van der Waals surface area (Å²) in [5.74, 6) is -0.740. The van der Waals surface area contributed by atoms with Crippen molar-refractivity contribution in [1.29, 1.82) is 5.26 Å². The van der Waals surface area contributed by atoms with Gasteiger partial charge >= 0.3 is 0 Å². The predicted octanol–water partition coefficient (Wildman–Crippen LogP) is 2.51.